The van der Waals surface area contributed by atoms with E-state index < -0.39 is 152 Å². The van der Waals surface area contributed by atoms with Gasteiger partial charge in [-0.2, -0.15) is 149 Å². The summed E-state index contributed by atoms with van der Waals surface area (Å²) in [5.74, 6) is -121. The summed E-state index contributed by atoms with van der Waals surface area (Å²) in [6.45, 7) is 0. The van der Waals surface area contributed by atoms with Crippen LogP contribution >= 0.6 is 94.1 Å². The second kappa shape index (κ2) is 19.3. The highest BCUT2D eigenvalue weighted by molar-refractivity contribution is 8.45. The van der Waals surface area contributed by atoms with Crippen LogP contribution in [0.25, 0.3) is 0 Å². The first-order valence-corrected chi connectivity index (χ1v) is 23.7. The second-order valence-electron chi connectivity index (χ2n) is 13.3. The Kier molecular flexibility index (Phi) is 17.6. The van der Waals surface area contributed by atoms with Gasteiger partial charge in [0.25, 0.3) is 0 Å². The van der Waals surface area contributed by atoms with Crippen molar-refractivity contribution in [2.45, 2.75) is 108 Å². The van der Waals surface area contributed by atoms with Gasteiger partial charge < -0.3 is 0 Å². The van der Waals surface area contributed by atoms with E-state index in [0.29, 0.717) is 20.0 Å². The van der Waals surface area contributed by atoms with E-state index >= 15 is 0 Å². The molecule has 0 atom stereocenters. The molecule has 0 saturated heterocycles. The predicted octanol–water partition coefficient (Wildman–Crippen LogP) is 18.1. The average molecular weight is 1250 g/mol. The van der Waals surface area contributed by atoms with Crippen LogP contribution in [0.15, 0.2) is 25.4 Å². The van der Waals surface area contributed by atoms with Crippen molar-refractivity contribution in [1.29, 1.82) is 0 Å². The van der Waals surface area contributed by atoms with E-state index in [1.807, 2.05) is 0 Å². The maximum Gasteiger partial charge on any atom is 0.460 e. The van der Waals surface area contributed by atoms with Crippen LogP contribution in [0.5, 0.6) is 0 Å². The van der Waals surface area contributed by atoms with Gasteiger partial charge in [-0.25, -0.2) is 0 Å². The fourth-order valence-corrected chi connectivity index (χ4v) is 16.8. The molecule has 3 rings (SSSR count). The third-order valence-corrected chi connectivity index (χ3v) is 20.5. The largest absolute Gasteiger partial charge is 0.460 e. The van der Waals surface area contributed by atoms with E-state index in [1.54, 1.807) is 0 Å². The van der Waals surface area contributed by atoms with Gasteiger partial charge in [0.2, 0.25) is 0 Å². The molecule has 3 aliphatic rings. The molecular weight excluding hydrogens is 1240 g/mol. The zero-order chi connectivity index (χ0) is 55.4. The Balaban J connectivity index is 1.95. The third-order valence-electron chi connectivity index (χ3n) is 8.66. The molecule has 3 aliphatic heterocycles. The number of alkyl halides is 34. The Morgan fingerprint density at radius 3 is 0.729 bits per heavy atom. The van der Waals surface area contributed by atoms with Gasteiger partial charge in [-0.15, -0.1) is 47.0 Å². The van der Waals surface area contributed by atoms with Gasteiger partial charge in [0.1, 0.15) is 0 Å². The smallest absolute Gasteiger partial charge is 0.200 e. The van der Waals surface area contributed by atoms with Crippen LogP contribution in [0.3, 0.4) is 0 Å². The fourth-order valence-electron chi connectivity index (χ4n) is 4.58. The zero-order valence-electron chi connectivity index (χ0n) is 31.4. The molecule has 0 amide bonds. The monoisotopic (exact) mass is 1250 g/mol. The van der Waals surface area contributed by atoms with Gasteiger partial charge in [0.05, 0.1) is 25.4 Å². The highest BCUT2D eigenvalue weighted by Crippen LogP contribution is 2.69. The number of thioether (sulfide) groups is 8. The molecule has 70 heavy (non-hydrogen) atoms. The van der Waals surface area contributed by atoms with Crippen molar-refractivity contribution < 1.29 is 149 Å². The lowest BCUT2D eigenvalue weighted by molar-refractivity contribution is -0.461. The van der Waals surface area contributed by atoms with Gasteiger partial charge in [-0.3, -0.25) is 0 Å². The van der Waals surface area contributed by atoms with E-state index in [2.05, 4.69) is 0 Å². The number of hydrogen-bond donors (Lipinski definition) is 0. The molecule has 3 heterocycles. The lowest BCUT2D eigenvalue weighted by atomic mass is 9.88. The lowest BCUT2D eigenvalue weighted by Gasteiger charge is -2.42. The Morgan fingerprint density at radius 1 is 0.271 bits per heavy atom. The standard InChI is InChI=1S/C28H12F34S8/c29-13(30,15(33,34)17(37,38)19(41,42)21(45,46)23(49,50)25(53,54)27(57,58)59)1-3-63-7-8(68-11(67-7)12-69-9-10(70-12)66-6-5-65-9)64-4-2-14(31,32)16(35,36)18(39,40)20(43,44)22(47,48)24(51,52)26(55,56)28(60,61)62/h1-6H2. The molecule has 410 valence electrons. The number of hydrogen-bond acceptors (Lipinski definition) is 8. The van der Waals surface area contributed by atoms with Crippen LogP contribution in [-0.2, 0) is 0 Å². The van der Waals surface area contributed by atoms with Crippen LogP contribution in [-0.4, -0.2) is 118 Å². The van der Waals surface area contributed by atoms with Crippen LogP contribution in [0.4, 0.5) is 149 Å². The Bertz CT molecular complexity index is 1910. The molecule has 0 spiro atoms. The van der Waals surface area contributed by atoms with E-state index in [4.69, 9.17) is 0 Å². The summed E-state index contributed by atoms with van der Waals surface area (Å²) in [7, 11) is 0. The first-order chi connectivity index (χ1) is 30.6. The minimum atomic E-state index is -8.96. The van der Waals surface area contributed by atoms with Crippen LogP contribution < -0.4 is 0 Å². The summed E-state index contributed by atoms with van der Waals surface area (Å²) in [6, 6.07) is 0. The van der Waals surface area contributed by atoms with Crippen LogP contribution in [0, 0.1) is 0 Å². The van der Waals surface area contributed by atoms with Crippen molar-refractivity contribution >= 4 is 94.1 Å². The topological polar surface area (TPSA) is 0 Å². The van der Waals surface area contributed by atoms with Crippen molar-refractivity contribution in [3.8, 4) is 0 Å². The normalized spacial score (nSPS) is 19.3. The molecule has 42 heteroatoms. The summed E-state index contributed by atoms with van der Waals surface area (Å²) in [6.07, 6.45) is -22.2. The van der Waals surface area contributed by atoms with E-state index in [0.717, 1.165) is 23.5 Å². The number of rotatable bonds is 20. The third kappa shape index (κ3) is 9.85. The van der Waals surface area contributed by atoms with Crippen molar-refractivity contribution in [2.75, 3.05) is 23.0 Å². The van der Waals surface area contributed by atoms with Gasteiger partial charge >= 0.3 is 95.3 Å². The Morgan fingerprint density at radius 2 is 0.486 bits per heavy atom. The molecule has 0 aromatic carbocycles. The van der Waals surface area contributed by atoms with Gasteiger partial charge in [0, 0.05) is 35.9 Å². The molecule has 0 aliphatic carbocycles. The lowest BCUT2D eigenvalue weighted by Crippen LogP contribution is -2.74. The summed E-state index contributed by atoms with van der Waals surface area (Å²) in [5, 5.41) is 0. The molecule has 0 radical (unpaired) electrons. The molecule has 0 aromatic heterocycles. The molecule has 0 fully saturated rings. The summed E-state index contributed by atoms with van der Waals surface area (Å²) < 4.78 is 465. The molecule has 0 unspecified atom stereocenters. The Hall–Kier alpha value is -0.360. The minimum Gasteiger partial charge on any atom is -0.200 e. The molecule has 0 aromatic rings. The molecule has 0 N–H and O–H groups in total. The SMILES string of the molecule is FC(F)(F)C(F)(F)C(F)(F)C(F)(F)C(F)(F)C(F)(F)C(F)(F)C(F)(F)CCSC1=C(SCCC(F)(F)C(F)(F)C(F)(F)C(F)(F)C(F)(F)C(F)(F)C(F)(F)C(F)(F)F)SC(=C2SC3=C(SCCS3)S2)S1. The van der Waals surface area contributed by atoms with E-state index in [1.165, 1.54) is 23.5 Å². The highest BCUT2D eigenvalue weighted by Gasteiger charge is 2.97. The summed E-state index contributed by atoms with van der Waals surface area (Å²) >= 11 is 3.65. The number of halogens is 34. The van der Waals surface area contributed by atoms with E-state index in [9.17, 15) is 149 Å². The van der Waals surface area contributed by atoms with Gasteiger partial charge in [0.15, 0.2) is 0 Å². The predicted molar refractivity (Wildman–Crippen MR) is 192 cm³/mol. The summed E-state index contributed by atoms with van der Waals surface area (Å²) in [5.41, 5.74) is 0. The van der Waals surface area contributed by atoms with Crippen LogP contribution in [0.2, 0.25) is 0 Å². The Labute approximate surface area is 398 Å². The summed E-state index contributed by atoms with van der Waals surface area (Å²) in [4.78, 5) is 0. The molecule has 0 saturated carbocycles. The van der Waals surface area contributed by atoms with Crippen molar-refractivity contribution in [3.05, 3.63) is 25.4 Å². The van der Waals surface area contributed by atoms with Crippen LogP contribution in [0.1, 0.15) is 12.8 Å². The molecular formula is C28H12F34S8. The first-order valence-electron chi connectivity index (χ1n) is 16.5. The minimum absolute atomic E-state index is 0.107. The molecule has 0 nitrogen and oxygen atoms in total. The maximum atomic E-state index is 14.6. The van der Waals surface area contributed by atoms with E-state index in [-0.39, 0.29) is 32.0 Å². The van der Waals surface area contributed by atoms with Gasteiger partial charge in [-0.05, 0) is 0 Å². The maximum absolute atomic E-state index is 14.6. The van der Waals surface area contributed by atoms with Gasteiger partial charge in [-0.1, -0.05) is 47.0 Å². The zero-order valence-corrected chi connectivity index (χ0v) is 37.9. The fraction of sp³-hybridized carbons (Fsp3) is 0.786. The van der Waals surface area contributed by atoms with Crippen molar-refractivity contribution in [3.63, 3.8) is 0 Å². The highest BCUT2D eigenvalue weighted by atomic mass is 32.3. The molecule has 0 bridgehead atoms. The van der Waals surface area contributed by atoms with Crippen molar-refractivity contribution in [2.24, 2.45) is 0 Å². The first kappa shape index (κ1) is 63.9. The van der Waals surface area contributed by atoms with Crippen molar-refractivity contribution in [1.82, 2.24) is 0 Å². The second-order valence-corrected chi connectivity index (χ2v) is 23.4. The average Bonchev–Trinajstić information content (AvgIpc) is 3.80. The quantitative estimate of drug-likeness (QED) is 0.109.